The monoisotopic (exact) mass is 242 g/mol. The van der Waals surface area contributed by atoms with Crippen LogP contribution in [-0.2, 0) is 9.53 Å². The van der Waals surface area contributed by atoms with E-state index >= 15 is 0 Å². The van der Waals surface area contributed by atoms with Crippen LogP contribution in [0.25, 0.3) is 0 Å². The molecule has 0 heterocycles. The molecule has 1 rings (SSSR count). The van der Waals surface area contributed by atoms with Crippen LogP contribution in [0.4, 0.5) is 0 Å². The summed E-state index contributed by atoms with van der Waals surface area (Å²) in [7, 11) is 0. The number of rotatable bonds is 5. The highest BCUT2D eigenvalue weighted by molar-refractivity contribution is 5.86. The van der Waals surface area contributed by atoms with Gasteiger partial charge in [0.2, 0.25) is 0 Å². The topological polar surface area (TPSA) is 66.8 Å². The molecule has 4 nitrogen and oxygen atoms in total. The van der Waals surface area contributed by atoms with Crippen LogP contribution >= 0.6 is 0 Å². The molecule has 0 aromatic carbocycles. The molecule has 0 aromatic heterocycles. The Bertz CT molecular complexity index is 267. The molecule has 0 spiro atoms. The number of aliphatic hydroxyl groups excluding tert-OH is 2. The van der Waals surface area contributed by atoms with Gasteiger partial charge < -0.3 is 14.9 Å². The molecule has 1 aliphatic carbocycles. The van der Waals surface area contributed by atoms with Gasteiger partial charge in [-0.2, -0.15) is 0 Å². The number of ether oxygens (including phenoxy) is 1. The van der Waals surface area contributed by atoms with Gasteiger partial charge in [-0.25, -0.2) is 4.79 Å². The van der Waals surface area contributed by atoms with Crippen LogP contribution in [0.15, 0.2) is 12.2 Å². The van der Waals surface area contributed by atoms with E-state index in [0.29, 0.717) is 11.5 Å². The highest BCUT2D eigenvalue weighted by atomic mass is 16.5. The maximum absolute atomic E-state index is 11.3. The lowest BCUT2D eigenvalue weighted by molar-refractivity contribution is -0.141. The molecule has 0 aromatic rings. The fraction of sp³-hybridized carbons (Fsp3) is 0.769. The zero-order valence-electron chi connectivity index (χ0n) is 10.4. The molecule has 0 radical (unpaired) electrons. The summed E-state index contributed by atoms with van der Waals surface area (Å²) in [5, 5.41) is 18.7. The third-order valence-electron chi connectivity index (χ3n) is 3.42. The number of aliphatic hydroxyl groups is 2. The predicted octanol–water partition coefficient (Wildman–Crippen LogP) is 1.27. The summed E-state index contributed by atoms with van der Waals surface area (Å²) in [6.45, 7) is 5.37. The number of carbonyl (C=O) groups excluding carboxylic acids is 1. The highest BCUT2D eigenvalue weighted by Gasteiger charge is 2.27. The molecule has 0 amide bonds. The van der Waals surface area contributed by atoms with Crippen LogP contribution in [0, 0.1) is 11.8 Å². The Kier molecular flexibility index (Phi) is 5.65. The molecule has 1 saturated carbocycles. The van der Waals surface area contributed by atoms with E-state index < -0.39 is 5.97 Å². The minimum atomic E-state index is -0.403. The maximum Gasteiger partial charge on any atom is 0.333 e. The van der Waals surface area contributed by atoms with E-state index in [9.17, 15) is 15.0 Å². The van der Waals surface area contributed by atoms with E-state index in [1.165, 1.54) is 0 Å². The fourth-order valence-electron chi connectivity index (χ4n) is 2.22. The first-order chi connectivity index (χ1) is 8.04. The molecule has 2 N–H and O–H groups in total. The lowest BCUT2D eigenvalue weighted by Crippen LogP contribution is -2.30. The van der Waals surface area contributed by atoms with Crippen molar-refractivity contribution in [2.24, 2.45) is 11.8 Å². The molecule has 1 aliphatic rings. The van der Waals surface area contributed by atoms with Gasteiger partial charge in [0.25, 0.3) is 0 Å². The zero-order valence-corrected chi connectivity index (χ0v) is 10.4. The Hall–Kier alpha value is -0.870. The second-order valence-corrected chi connectivity index (χ2v) is 4.89. The van der Waals surface area contributed by atoms with Crippen LogP contribution < -0.4 is 0 Å². The predicted molar refractivity (Wildman–Crippen MR) is 64.3 cm³/mol. The summed E-state index contributed by atoms with van der Waals surface area (Å²) < 4.78 is 5.08. The molecule has 98 valence electrons. The number of hydrogen-bond donors (Lipinski definition) is 2. The number of carbonyl (C=O) groups is 1. The summed E-state index contributed by atoms with van der Waals surface area (Å²) in [5.41, 5.74) is 0.376. The standard InChI is InChI=1S/C13H22O4/c1-9(2)13(16)17-8-11(7-14)10-3-5-12(15)6-4-10/h10-12,14-15H,1,3-8H2,2H3. The number of hydrogen-bond acceptors (Lipinski definition) is 4. The first-order valence-electron chi connectivity index (χ1n) is 6.16. The molecule has 0 aliphatic heterocycles. The van der Waals surface area contributed by atoms with Crippen molar-refractivity contribution >= 4 is 5.97 Å². The Balaban J connectivity index is 2.37. The van der Waals surface area contributed by atoms with E-state index in [-0.39, 0.29) is 25.2 Å². The van der Waals surface area contributed by atoms with E-state index in [1.807, 2.05) is 0 Å². The smallest absolute Gasteiger partial charge is 0.333 e. The van der Waals surface area contributed by atoms with Crippen molar-refractivity contribution in [1.82, 2.24) is 0 Å². The van der Waals surface area contributed by atoms with Crippen LogP contribution in [0.5, 0.6) is 0 Å². The maximum atomic E-state index is 11.3. The molecule has 0 saturated heterocycles. The first-order valence-corrected chi connectivity index (χ1v) is 6.16. The van der Waals surface area contributed by atoms with Gasteiger partial charge in [-0.05, 0) is 38.5 Å². The molecule has 1 fully saturated rings. The number of esters is 1. The lowest BCUT2D eigenvalue weighted by Gasteiger charge is -2.30. The van der Waals surface area contributed by atoms with Crippen molar-refractivity contribution in [1.29, 1.82) is 0 Å². The van der Waals surface area contributed by atoms with Gasteiger partial charge in [-0.1, -0.05) is 6.58 Å². The third kappa shape index (κ3) is 4.48. The van der Waals surface area contributed by atoms with E-state index in [1.54, 1.807) is 6.92 Å². The Labute approximate surface area is 102 Å². The van der Waals surface area contributed by atoms with E-state index in [2.05, 4.69) is 6.58 Å². The van der Waals surface area contributed by atoms with Gasteiger partial charge in [0.1, 0.15) is 0 Å². The van der Waals surface area contributed by atoms with Gasteiger partial charge in [-0.3, -0.25) is 0 Å². The highest BCUT2D eigenvalue weighted by Crippen LogP contribution is 2.30. The minimum absolute atomic E-state index is 0.0181. The lowest BCUT2D eigenvalue weighted by atomic mass is 9.79. The van der Waals surface area contributed by atoms with Gasteiger partial charge >= 0.3 is 5.97 Å². The molecular weight excluding hydrogens is 220 g/mol. The van der Waals surface area contributed by atoms with Crippen LogP contribution in [0.3, 0.4) is 0 Å². The molecule has 17 heavy (non-hydrogen) atoms. The van der Waals surface area contributed by atoms with Crippen molar-refractivity contribution in [3.63, 3.8) is 0 Å². The molecule has 1 unspecified atom stereocenters. The van der Waals surface area contributed by atoms with Gasteiger partial charge in [0.05, 0.1) is 12.7 Å². The van der Waals surface area contributed by atoms with E-state index in [0.717, 1.165) is 25.7 Å². The molecule has 0 bridgehead atoms. The molecule has 4 heteroatoms. The molecular formula is C13H22O4. The minimum Gasteiger partial charge on any atom is -0.462 e. The van der Waals surface area contributed by atoms with Crippen LogP contribution in [0.1, 0.15) is 32.6 Å². The average Bonchev–Trinajstić information content (AvgIpc) is 2.31. The van der Waals surface area contributed by atoms with Crippen LogP contribution in [0.2, 0.25) is 0 Å². The van der Waals surface area contributed by atoms with Crippen LogP contribution in [-0.4, -0.2) is 35.5 Å². The van der Waals surface area contributed by atoms with Crippen molar-refractivity contribution in [2.75, 3.05) is 13.2 Å². The SMILES string of the molecule is C=C(C)C(=O)OCC(CO)C1CCC(O)CC1. The zero-order chi connectivity index (χ0) is 12.8. The summed E-state index contributed by atoms with van der Waals surface area (Å²) in [5.74, 6) is -0.0913. The Morgan fingerprint density at radius 1 is 1.41 bits per heavy atom. The van der Waals surface area contributed by atoms with Gasteiger partial charge in [-0.15, -0.1) is 0 Å². The Morgan fingerprint density at radius 3 is 2.47 bits per heavy atom. The second kappa shape index (κ2) is 6.77. The largest absolute Gasteiger partial charge is 0.462 e. The van der Waals surface area contributed by atoms with Gasteiger partial charge in [0, 0.05) is 18.1 Å². The summed E-state index contributed by atoms with van der Waals surface area (Å²) >= 11 is 0. The average molecular weight is 242 g/mol. The third-order valence-corrected chi connectivity index (χ3v) is 3.42. The van der Waals surface area contributed by atoms with Crippen molar-refractivity contribution in [2.45, 2.75) is 38.7 Å². The quantitative estimate of drug-likeness (QED) is 0.562. The summed E-state index contributed by atoms with van der Waals surface area (Å²) in [6, 6.07) is 0. The normalized spacial score (nSPS) is 26.3. The summed E-state index contributed by atoms with van der Waals surface area (Å²) in [6.07, 6.45) is 3.11. The van der Waals surface area contributed by atoms with Gasteiger partial charge in [0.15, 0.2) is 0 Å². The Morgan fingerprint density at radius 2 is 2.00 bits per heavy atom. The van der Waals surface area contributed by atoms with Crippen molar-refractivity contribution in [3.8, 4) is 0 Å². The summed E-state index contributed by atoms with van der Waals surface area (Å²) in [4.78, 5) is 11.3. The van der Waals surface area contributed by atoms with Crippen molar-refractivity contribution < 1.29 is 19.7 Å². The molecule has 1 atom stereocenters. The first kappa shape index (κ1) is 14.2. The van der Waals surface area contributed by atoms with Crippen molar-refractivity contribution in [3.05, 3.63) is 12.2 Å². The second-order valence-electron chi connectivity index (χ2n) is 4.89. The van der Waals surface area contributed by atoms with E-state index in [4.69, 9.17) is 4.74 Å². The fourth-order valence-corrected chi connectivity index (χ4v) is 2.22.